The highest BCUT2D eigenvalue weighted by Crippen LogP contribution is 2.34. The minimum Gasteiger partial charge on any atom is -0.321 e. The number of sulfonamides is 1. The molecule has 1 aliphatic carbocycles. The Morgan fingerprint density at radius 2 is 1.83 bits per heavy atom. The highest BCUT2D eigenvalue weighted by molar-refractivity contribution is 7.89. The van der Waals surface area contributed by atoms with E-state index >= 15 is 0 Å². The number of halogens is 1. The molecule has 0 radical (unpaired) electrons. The largest absolute Gasteiger partial charge is 0.322 e. The molecule has 10 heteroatoms. The molecule has 2 N–H and O–H groups in total. The van der Waals surface area contributed by atoms with E-state index in [1.807, 2.05) is 5.38 Å². The molecule has 2 fully saturated rings. The standard InChI is InChI=1S/C20H25ClN4O3S2/c21-15-8-10-16(11-9-15)30(27,28)25-12-4-7-18(25)23-19(26)24-20-22-17(13-29-20)14-5-2-1-3-6-14/h8-11,13-14,18H,1-7,12H2,(H2,22,23,24,26). The monoisotopic (exact) mass is 468 g/mol. The third kappa shape index (κ3) is 4.80. The van der Waals surface area contributed by atoms with Gasteiger partial charge in [0.05, 0.1) is 16.8 Å². The van der Waals surface area contributed by atoms with Gasteiger partial charge in [0, 0.05) is 22.9 Å². The maximum absolute atomic E-state index is 13.0. The van der Waals surface area contributed by atoms with Gasteiger partial charge in [-0.15, -0.1) is 11.3 Å². The number of amides is 2. The van der Waals surface area contributed by atoms with E-state index in [0.29, 0.717) is 35.5 Å². The second-order valence-electron chi connectivity index (χ2n) is 7.74. The van der Waals surface area contributed by atoms with Gasteiger partial charge < -0.3 is 5.32 Å². The van der Waals surface area contributed by atoms with Crippen molar-refractivity contribution in [1.82, 2.24) is 14.6 Å². The van der Waals surface area contributed by atoms with Gasteiger partial charge in [-0.05, 0) is 49.9 Å². The molecule has 162 valence electrons. The highest BCUT2D eigenvalue weighted by atomic mass is 35.5. The third-order valence-corrected chi connectivity index (χ3v) is 8.64. The van der Waals surface area contributed by atoms with Gasteiger partial charge in [-0.1, -0.05) is 30.9 Å². The number of benzene rings is 1. The molecule has 1 aliphatic heterocycles. The van der Waals surface area contributed by atoms with Gasteiger partial charge in [0.15, 0.2) is 5.13 Å². The first-order valence-corrected chi connectivity index (χ1v) is 12.9. The molecule has 2 aromatic rings. The maximum atomic E-state index is 13.0. The van der Waals surface area contributed by atoms with Crippen molar-refractivity contribution in [2.75, 3.05) is 11.9 Å². The zero-order valence-electron chi connectivity index (χ0n) is 16.5. The fourth-order valence-electron chi connectivity index (χ4n) is 4.13. The van der Waals surface area contributed by atoms with Crippen LogP contribution in [0.25, 0.3) is 0 Å². The lowest BCUT2D eigenvalue weighted by Gasteiger charge is -2.24. The number of carbonyl (C=O) groups is 1. The summed E-state index contributed by atoms with van der Waals surface area (Å²) in [5.74, 6) is 0.475. The first-order valence-electron chi connectivity index (χ1n) is 10.2. The summed E-state index contributed by atoms with van der Waals surface area (Å²) >= 11 is 7.28. The number of hydrogen-bond donors (Lipinski definition) is 2. The molecule has 1 aromatic heterocycles. The Bertz CT molecular complexity index is 988. The van der Waals surface area contributed by atoms with Crippen LogP contribution >= 0.6 is 22.9 Å². The van der Waals surface area contributed by atoms with Gasteiger partial charge in [-0.25, -0.2) is 18.2 Å². The summed E-state index contributed by atoms with van der Waals surface area (Å²) in [6.07, 6.45) is 6.68. The van der Waals surface area contributed by atoms with E-state index < -0.39 is 22.2 Å². The van der Waals surface area contributed by atoms with Crippen LogP contribution in [-0.2, 0) is 10.0 Å². The Labute approximate surface area is 185 Å². The zero-order valence-corrected chi connectivity index (χ0v) is 18.9. The van der Waals surface area contributed by atoms with Gasteiger partial charge in [-0.2, -0.15) is 4.31 Å². The molecule has 1 saturated heterocycles. The van der Waals surface area contributed by atoms with Gasteiger partial charge in [0.1, 0.15) is 0 Å². The molecule has 0 spiro atoms. The molecule has 30 heavy (non-hydrogen) atoms. The van der Waals surface area contributed by atoms with Crippen LogP contribution in [-0.4, -0.2) is 36.4 Å². The number of anilines is 1. The van der Waals surface area contributed by atoms with Crippen LogP contribution in [0, 0.1) is 0 Å². The lowest BCUT2D eigenvalue weighted by molar-refractivity contribution is 0.240. The van der Waals surface area contributed by atoms with Crippen molar-refractivity contribution in [2.45, 2.75) is 61.9 Å². The number of aromatic nitrogens is 1. The van der Waals surface area contributed by atoms with E-state index in [4.69, 9.17) is 11.6 Å². The molecule has 0 bridgehead atoms. The topological polar surface area (TPSA) is 91.4 Å². The van der Waals surface area contributed by atoms with E-state index in [1.165, 1.54) is 47.0 Å². The van der Waals surface area contributed by atoms with E-state index in [9.17, 15) is 13.2 Å². The van der Waals surface area contributed by atoms with Crippen LogP contribution in [0.4, 0.5) is 9.93 Å². The lowest BCUT2D eigenvalue weighted by Crippen LogP contribution is -2.48. The summed E-state index contributed by atoms with van der Waals surface area (Å²) in [7, 11) is -3.71. The van der Waals surface area contributed by atoms with Crippen LogP contribution in [0.1, 0.15) is 56.6 Å². The molecule has 1 atom stereocenters. The average molecular weight is 469 g/mol. The molecule has 7 nitrogen and oxygen atoms in total. The molecule has 2 aliphatic rings. The molecule has 1 unspecified atom stereocenters. The first-order chi connectivity index (χ1) is 14.4. The number of hydrogen-bond acceptors (Lipinski definition) is 5. The Morgan fingerprint density at radius 1 is 1.10 bits per heavy atom. The van der Waals surface area contributed by atoms with Crippen LogP contribution in [0.15, 0.2) is 34.5 Å². The summed E-state index contributed by atoms with van der Waals surface area (Å²) in [6.45, 7) is 0.360. The zero-order chi connectivity index (χ0) is 21.1. The predicted molar refractivity (Wildman–Crippen MR) is 118 cm³/mol. The Morgan fingerprint density at radius 3 is 2.57 bits per heavy atom. The molecule has 1 aromatic carbocycles. The van der Waals surface area contributed by atoms with E-state index in [1.54, 1.807) is 12.1 Å². The van der Waals surface area contributed by atoms with Crippen LogP contribution < -0.4 is 10.6 Å². The van der Waals surface area contributed by atoms with E-state index in [-0.39, 0.29) is 4.90 Å². The summed E-state index contributed by atoms with van der Waals surface area (Å²) in [6, 6.07) is 5.62. The summed E-state index contributed by atoms with van der Waals surface area (Å²) in [5, 5.41) is 8.58. The predicted octanol–water partition coefficient (Wildman–Crippen LogP) is 4.78. The maximum Gasteiger partial charge on any atom is 0.322 e. The molecule has 2 heterocycles. The number of nitrogens with one attached hydrogen (secondary N) is 2. The summed E-state index contributed by atoms with van der Waals surface area (Å²) in [4.78, 5) is 17.3. The van der Waals surface area contributed by atoms with Crippen molar-refractivity contribution in [1.29, 1.82) is 0 Å². The van der Waals surface area contributed by atoms with Crippen molar-refractivity contribution in [3.63, 3.8) is 0 Å². The minimum absolute atomic E-state index is 0.165. The molecular formula is C20H25ClN4O3S2. The second kappa shape index (κ2) is 9.21. The molecule has 4 rings (SSSR count). The van der Waals surface area contributed by atoms with Gasteiger partial charge >= 0.3 is 6.03 Å². The Kier molecular flexibility index (Phi) is 6.62. The fraction of sp³-hybridized carbons (Fsp3) is 0.500. The number of rotatable bonds is 5. The molecular weight excluding hydrogens is 444 g/mol. The van der Waals surface area contributed by atoms with Gasteiger partial charge in [0.2, 0.25) is 10.0 Å². The quantitative estimate of drug-likeness (QED) is 0.660. The SMILES string of the molecule is O=C(Nc1nc(C2CCCCC2)cs1)NC1CCCN1S(=O)(=O)c1ccc(Cl)cc1. The fourth-order valence-corrected chi connectivity index (χ4v) is 6.65. The Hall–Kier alpha value is -1.68. The normalized spacial score (nSPS) is 20.9. The average Bonchev–Trinajstić information content (AvgIpc) is 3.39. The molecule has 1 saturated carbocycles. The third-order valence-electron chi connectivity index (χ3n) is 5.69. The van der Waals surface area contributed by atoms with Crippen molar-refractivity contribution >= 4 is 44.1 Å². The van der Waals surface area contributed by atoms with Crippen LogP contribution in [0.5, 0.6) is 0 Å². The van der Waals surface area contributed by atoms with Crippen molar-refractivity contribution in [3.8, 4) is 0 Å². The van der Waals surface area contributed by atoms with E-state index in [0.717, 1.165) is 18.5 Å². The Balaban J connectivity index is 1.39. The van der Waals surface area contributed by atoms with Crippen molar-refractivity contribution in [2.24, 2.45) is 0 Å². The number of urea groups is 1. The van der Waals surface area contributed by atoms with Gasteiger partial charge in [0.25, 0.3) is 0 Å². The van der Waals surface area contributed by atoms with E-state index in [2.05, 4.69) is 15.6 Å². The van der Waals surface area contributed by atoms with Gasteiger partial charge in [-0.3, -0.25) is 5.32 Å². The van der Waals surface area contributed by atoms with Crippen molar-refractivity contribution in [3.05, 3.63) is 40.4 Å². The number of nitrogens with zero attached hydrogens (tertiary/aromatic N) is 2. The van der Waals surface area contributed by atoms with Crippen LogP contribution in [0.3, 0.4) is 0 Å². The minimum atomic E-state index is -3.71. The summed E-state index contributed by atoms with van der Waals surface area (Å²) < 4.78 is 27.3. The van der Waals surface area contributed by atoms with Crippen molar-refractivity contribution < 1.29 is 13.2 Å². The van der Waals surface area contributed by atoms with Crippen LogP contribution in [0.2, 0.25) is 5.02 Å². The summed E-state index contributed by atoms with van der Waals surface area (Å²) in [5.41, 5.74) is 1.04. The molecule has 2 amide bonds. The lowest BCUT2D eigenvalue weighted by atomic mass is 9.87. The first kappa shape index (κ1) is 21.5. The second-order valence-corrected chi connectivity index (χ2v) is 10.9. The highest BCUT2D eigenvalue weighted by Gasteiger charge is 2.36. The smallest absolute Gasteiger partial charge is 0.321 e. The number of thiazole rings is 1. The number of carbonyl (C=O) groups excluding carboxylic acids is 1.